The minimum atomic E-state index is -3.17. The van der Waals surface area contributed by atoms with E-state index in [9.17, 15) is 13.9 Å². The van der Waals surface area contributed by atoms with E-state index in [-0.39, 0.29) is 18.6 Å². The quantitative estimate of drug-likeness (QED) is 0.741. The molecule has 3 aliphatic rings. The Bertz CT molecular complexity index is 782. The molecule has 1 atom stereocenters. The number of hydrogen-bond donors (Lipinski definition) is 2. The number of likely N-dealkylation sites (N-methyl/N-ethyl adjacent to an activating group) is 1. The van der Waals surface area contributed by atoms with Crippen LogP contribution in [0.5, 0.6) is 5.75 Å². The number of likely N-dealkylation sites (tertiary alicyclic amines) is 1. The van der Waals surface area contributed by atoms with Gasteiger partial charge in [0.1, 0.15) is 5.75 Å². The van der Waals surface area contributed by atoms with Crippen LogP contribution in [-0.4, -0.2) is 70.1 Å². The lowest BCUT2D eigenvalue weighted by Crippen LogP contribution is -2.38. The van der Waals surface area contributed by atoms with Crippen molar-refractivity contribution < 1.29 is 18.6 Å². The summed E-state index contributed by atoms with van der Waals surface area (Å²) in [7, 11) is -1.49. The van der Waals surface area contributed by atoms with Crippen molar-refractivity contribution in [2.24, 2.45) is 0 Å². The zero-order valence-electron chi connectivity index (χ0n) is 14.4. The van der Waals surface area contributed by atoms with Gasteiger partial charge in [0.15, 0.2) is 12.8 Å². The molecular weight excluding hydrogens is 358 g/mol. The fourth-order valence-electron chi connectivity index (χ4n) is 3.70. The van der Waals surface area contributed by atoms with E-state index < -0.39 is 11.0 Å². The molecule has 0 aliphatic carbocycles. The fraction of sp³-hybridized carbons (Fsp3) is 0.500. The average molecular weight is 379 g/mol. The van der Waals surface area contributed by atoms with Crippen LogP contribution < -0.4 is 13.9 Å². The van der Waals surface area contributed by atoms with Crippen LogP contribution in [0.1, 0.15) is 6.42 Å². The second-order valence-corrected chi connectivity index (χ2v) is 8.50. The fourth-order valence-corrected chi connectivity index (χ4v) is 5.57. The summed E-state index contributed by atoms with van der Waals surface area (Å²) in [4.78, 5) is 15.0. The van der Waals surface area contributed by atoms with Crippen molar-refractivity contribution in [3.8, 4) is 11.9 Å². The molecule has 2 fully saturated rings. The highest BCUT2D eigenvalue weighted by Crippen LogP contribution is 2.55. The molecule has 10 heteroatoms. The predicted octanol–water partition coefficient (Wildman–Crippen LogP) is 1.30. The van der Waals surface area contributed by atoms with Gasteiger partial charge in [0.2, 0.25) is 0 Å². The molecule has 2 N–H and O–H groups in total. The summed E-state index contributed by atoms with van der Waals surface area (Å²) in [5.74, 6) is 0.454. The minimum Gasteiger partial charge on any atom is -0.482 e. The summed E-state index contributed by atoms with van der Waals surface area (Å²) >= 11 is 0. The SMILES string of the molecule is CN1C(=O)COc2ccc(N3CCN(C4CCN(C#N)C4)S3(O)O)cc21. The van der Waals surface area contributed by atoms with E-state index in [1.807, 2.05) is 0 Å². The standard InChI is InChI=1S/C16H21N5O4S/c1-18-14-8-12(2-3-15(14)25-10-16(18)22)20-6-7-21(26(20,23)24)13-4-5-19(9-13)11-17/h2-3,8,13,23-24H,4-7,9-10H2,1H3. The van der Waals surface area contributed by atoms with Gasteiger partial charge in [-0.25, -0.2) is 0 Å². The van der Waals surface area contributed by atoms with E-state index in [1.165, 1.54) is 4.90 Å². The minimum absolute atomic E-state index is 0.00655. The highest BCUT2D eigenvalue weighted by molar-refractivity contribution is 8.23. The first kappa shape index (κ1) is 17.2. The molecule has 1 amide bonds. The molecule has 0 radical (unpaired) electrons. The van der Waals surface area contributed by atoms with E-state index in [4.69, 9.17) is 10.00 Å². The molecule has 0 bridgehead atoms. The molecule has 4 rings (SSSR count). The first-order chi connectivity index (χ1) is 12.4. The number of fused-ring (bicyclic) bond motifs is 1. The normalized spacial score (nSPS) is 26.5. The summed E-state index contributed by atoms with van der Waals surface area (Å²) < 4.78 is 30.5. The number of carbonyl (C=O) groups excluding carboxylic acids is 1. The molecule has 9 nitrogen and oxygen atoms in total. The highest BCUT2D eigenvalue weighted by atomic mass is 32.3. The number of amides is 1. The van der Waals surface area contributed by atoms with Gasteiger partial charge >= 0.3 is 0 Å². The Balaban J connectivity index is 1.59. The maximum atomic E-state index is 11.9. The Morgan fingerprint density at radius 1 is 1.31 bits per heavy atom. The Hall–Kier alpha value is -2.19. The zero-order valence-corrected chi connectivity index (χ0v) is 15.2. The molecular formula is C16H21N5O4S. The summed E-state index contributed by atoms with van der Waals surface area (Å²) in [6.07, 6.45) is 2.85. The van der Waals surface area contributed by atoms with Crippen LogP contribution in [0, 0.1) is 11.5 Å². The van der Waals surface area contributed by atoms with Crippen LogP contribution in [0.25, 0.3) is 0 Å². The number of carbonyl (C=O) groups is 1. The van der Waals surface area contributed by atoms with Crippen molar-refractivity contribution in [1.82, 2.24) is 9.21 Å². The summed E-state index contributed by atoms with van der Waals surface area (Å²) in [6.45, 7) is 2.12. The van der Waals surface area contributed by atoms with Crippen molar-refractivity contribution in [1.29, 1.82) is 5.26 Å². The Kier molecular flexibility index (Phi) is 4.11. The molecule has 0 spiro atoms. The monoisotopic (exact) mass is 379 g/mol. The van der Waals surface area contributed by atoms with E-state index >= 15 is 0 Å². The topological polar surface area (TPSA) is 104 Å². The maximum Gasteiger partial charge on any atom is 0.264 e. The van der Waals surface area contributed by atoms with Gasteiger partial charge < -0.3 is 14.5 Å². The Morgan fingerprint density at radius 2 is 2.12 bits per heavy atom. The number of anilines is 2. The van der Waals surface area contributed by atoms with E-state index in [0.29, 0.717) is 43.3 Å². The zero-order chi connectivity index (χ0) is 18.5. The third-order valence-corrected chi connectivity index (χ3v) is 7.26. The van der Waals surface area contributed by atoms with Crippen molar-refractivity contribution in [3.05, 3.63) is 18.2 Å². The molecule has 1 aromatic carbocycles. The number of hydrogen-bond acceptors (Lipinski definition) is 8. The smallest absolute Gasteiger partial charge is 0.264 e. The number of nitriles is 1. The first-order valence-corrected chi connectivity index (χ1v) is 9.88. The van der Waals surface area contributed by atoms with Gasteiger partial charge in [-0.05, 0) is 24.6 Å². The average Bonchev–Trinajstić information content (AvgIpc) is 3.21. The summed E-state index contributed by atoms with van der Waals surface area (Å²) in [5, 5.41) is 9.03. The van der Waals surface area contributed by atoms with Gasteiger partial charge in [0, 0.05) is 26.7 Å². The molecule has 140 valence electrons. The number of rotatable bonds is 2. The maximum absolute atomic E-state index is 11.9. The van der Waals surface area contributed by atoms with E-state index in [1.54, 1.807) is 38.8 Å². The van der Waals surface area contributed by atoms with Crippen LogP contribution in [0.3, 0.4) is 0 Å². The van der Waals surface area contributed by atoms with Gasteiger partial charge in [0.25, 0.3) is 5.91 Å². The second-order valence-electron chi connectivity index (χ2n) is 6.61. The largest absolute Gasteiger partial charge is 0.482 e. The number of benzene rings is 1. The lowest BCUT2D eigenvalue weighted by molar-refractivity contribution is -0.120. The summed E-state index contributed by atoms with van der Waals surface area (Å²) in [5.41, 5.74) is 1.25. The van der Waals surface area contributed by atoms with Gasteiger partial charge in [-0.15, -0.1) is 0 Å². The van der Waals surface area contributed by atoms with Gasteiger partial charge in [-0.3, -0.25) is 18.2 Å². The Morgan fingerprint density at radius 3 is 2.85 bits per heavy atom. The van der Waals surface area contributed by atoms with Crippen LogP contribution >= 0.6 is 11.0 Å². The number of nitrogens with zero attached hydrogens (tertiary/aromatic N) is 5. The van der Waals surface area contributed by atoms with Crippen LogP contribution in [-0.2, 0) is 4.79 Å². The molecule has 0 aromatic heterocycles. The van der Waals surface area contributed by atoms with Crippen molar-refractivity contribution in [3.63, 3.8) is 0 Å². The van der Waals surface area contributed by atoms with Gasteiger partial charge in [0.05, 0.1) is 24.0 Å². The van der Waals surface area contributed by atoms with Crippen LogP contribution in [0.15, 0.2) is 18.2 Å². The van der Waals surface area contributed by atoms with Gasteiger partial charge in [-0.2, -0.15) is 9.57 Å². The Labute approximate surface area is 153 Å². The van der Waals surface area contributed by atoms with Crippen LogP contribution in [0.4, 0.5) is 11.4 Å². The molecule has 1 aromatic rings. The van der Waals surface area contributed by atoms with Crippen molar-refractivity contribution in [2.75, 3.05) is 49.0 Å². The molecule has 2 saturated heterocycles. The first-order valence-electron chi connectivity index (χ1n) is 8.42. The third kappa shape index (κ3) is 2.64. The third-order valence-electron chi connectivity index (χ3n) is 5.16. The molecule has 0 saturated carbocycles. The molecule has 26 heavy (non-hydrogen) atoms. The number of ether oxygens (including phenoxy) is 1. The lowest BCUT2D eigenvalue weighted by atomic mass is 10.2. The van der Waals surface area contributed by atoms with E-state index in [0.717, 1.165) is 6.42 Å². The van der Waals surface area contributed by atoms with E-state index in [2.05, 4.69) is 6.19 Å². The lowest BCUT2D eigenvalue weighted by Gasteiger charge is -2.45. The molecule has 3 aliphatic heterocycles. The van der Waals surface area contributed by atoms with Crippen molar-refractivity contribution >= 4 is 28.2 Å². The summed E-state index contributed by atoms with van der Waals surface area (Å²) in [6, 6.07) is 5.21. The predicted molar refractivity (Wildman–Crippen MR) is 97.8 cm³/mol. The molecule has 1 unspecified atom stereocenters. The highest BCUT2D eigenvalue weighted by Gasteiger charge is 2.43. The second kappa shape index (κ2) is 6.21. The van der Waals surface area contributed by atoms with Gasteiger partial charge in [-0.1, -0.05) is 11.0 Å². The molecule has 3 heterocycles. The van der Waals surface area contributed by atoms with Crippen LogP contribution in [0.2, 0.25) is 0 Å². The van der Waals surface area contributed by atoms with Crippen molar-refractivity contribution in [2.45, 2.75) is 12.5 Å².